The first-order valence-electron chi connectivity index (χ1n) is 11.9. The summed E-state index contributed by atoms with van der Waals surface area (Å²) in [6.07, 6.45) is 5.94. The number of hydrogen-bond donors (Lipinski definition) is 3. The number of halogens is 2. The number of aromatic amines is 2. The maximum absolute atomic E-state index is 13.6. The van der Waals surface area contributed by atoms with Gasteiger partial charge in [0.1, 0.15) is 11.6 Å². The van der Waals surface area contributed by atoms with E-state index in [1.54, 1.807) is 36.5 Å². The Balaban J connectivity index is 1.20. The largest absolute Gasteiger partial charge is 0.361 e. The number of amides is 1. The summed E-state index contributed by atoms with van der Waals surface area (Å²) in [5.74, 6) is -0.771. The first kappa shape index (κ1) is 22.7. The molecular formula is C30H22F2N4O. The molecule has 7 heteroatoms. The number of rotatable bonds is 6. The van der Waals surface area contributed by atoms with E-state index in [9.17, 15) is 13.6 Å². The van der Waals surface area contributed by atoms with E-state index in [4.69, 9.17) is 0 Å². The highest BCUT2D eigenvalue weighted by atomic mass is 19.1. The third-order valence-corrected chi connectivity index (χ3v) is 6.56. The van der Waals surface area contributed by atoms with Crippen LogP contribution in [-0.2, 0) is 6.42 Å². The van der Waals surface area contributed by atoms with Gasteiger partial charge in [-0.25, -0.2) is 8.78 Å². The molecule has 37 heavy (non-hydrogen) atoms. The molecule has 0 aliphatic rings. The smallest absolute Gasteiger partial charge is 0.251 e. The van der Waals surface area contributed by atoms with Gasteiger partial charge in [-0.1, -0.05) is 18.2 Å². The second kappa shape index (κ2) is 9.35. The van der Waals surface area contributed by atoms with Crippen LogP contribution in [0.1, 0.15) is 15.9 Å². The number of benzene rings is 3. The number of nitrogens with one attached hydrogen (secondary N) is 3. The highest BCUT2D eigenvalue weighted by Gasteiger charge is 2.12. The average Bonchev–Trinajstić information content (AvgIpc) is 3.53. The van der Waals surface area contributed by atoms with Gasteiger partial charge in [-0.3, -0.25) is 9.78 Å². The summed E-state index contributed by atoms with van der Waals surface area (Å²) in [5, 5.41) is 4.75. The molecule has 6 rings (SSSR count). The fraction of sp³-hybridized carbons (Fsp3) is 0.0667. The number of pyridine rings is 1. The topological polar surface area (TPSA) is 73.6 Å². The van der Waals surface area contributed by atoms with Gasteiger partial charge in [0.15, 0.2) is 0 Å². The Bertz CT molecular complexity index is 1750. The molecule has 0 radical (unpaired) electrons. The molecule has 3 aromatic heterocycles. The Kier molecular flexibility index (Phi) is 5.73. The van der Waals surface area contributed by atoms with Crippen LogP contribution < -0.4 is 5.32 Å². The molecule has 0 unspecified atom stereocenters. The van der Waals surface area contributed by atoms with Crippen molar-refractivity contribution in [2.24, 2.45) is 0 Å². The van der Waals surface area contributed by atoms with E-state index in [1.807, 2.05) is 30.6 Å². The van der Waals surface area contributed by atoms with Gasteiger partial charge in [-0.2, -0.15) is 0 Å². The summed E-state index contributed by atoms with van der Waals surface area (Å²) in [4.78, 5) is 23.7. The summed E-state index contributed by atoms with van der Waals surface area (Å²) < 4.78 is 27.0. The summed E-state index contributed by atoms with van der Waals surface area (Å²) in [6.45, 7) is 0.413. The Labute approximate surface area is 211 Å². The van der Waals surface area contributed by atoms with Crippen LogP contribution >= 0.6 is 0 Å². The Hall–Kier alpha value is -4.78. The van der Waals surface area contributed by atoms with Crippen molar-refractivity contribution in [3.8, 4) is 22.4 Å². The minimum Gasteiger partial charge on any atom is -0.361 e. The first-order valence-corrected chi connectivity index (χ1v) is 11.9. The monoisotopic (exact) mass is 492 g/mol. The molecule has 0 saturated heterocycles. The van der Waals surface area contributed by atoms with Gasteiger partial charge in [-0.15, -0.1) is 0 Å². The highest BCUT2D eigenvalue weighted by molar-refractivity contribution is 5.99. The van der Waals surface area contributed by atoms with E-state index in [1.165, 1.54) is 24.3 Å². The maximum atomic E-state index is 13.6. The van der Waals surface area contributed by atoms with Gasteiger partial charge in [0, 0.05) is 63.6 Å². The summed E-state index contributed by atoms with van der Waals surface area (Å²) in [7, 11) is 0. The number of aromatic nitrogens is 3. The zero-order valence-electron chi connectivity index (χ0n) is 19.7. The Morgan fingerprint density at radius 1 is 0.784 bits per heavy atom. The molecule has 182 valence electrons. The SMILES string of the molecule is O=C(NCCc1c[nH]c2ccc(F)cc12)c1ccnc(-c2ccc3[nH]cc(-c4ccc(F)cc4)c3c2)c1. The quantitative estimate of drug-likeness (QED) is 0.244. The Morgan fingerprint density at radius 2 is 1.51 bits per heavy atom. The van der Waals surface area contributed by atoms with Crippen molar-refractivity contribution in [3.05, 3.63) is 114 Å². The summed E-state index contributed by atoms with van der Waals surface area (Å²) in [5.41, 5.74) is 6.67. The maximum Gasteiger partial charge on any atom is 0.251 e. The lowest BCUT2D eigenvalue weighted by molar-refractivity contribution is 0.0954. The summed E-state index contributed by atoms with van der Waals surface area (Å²) in [6, 6.07) is 20.4. The van der Waals surface area contributed by atoms with Crippen molar-refractivity contribution < 1.29 is 13.6 Å². The van der Waals surface area contributed by atoms with Crippen molar-refractivity contribution in [2.45, 2.75) is 6.42 Å². The van der Waals surface area contributed by atoms with Crippen LogP contribution in [0.3, 0.4) is 0 Å². The van der Waals surface area contributed by atoms with Crippen LogP contribution in [0.25, 0.3) is 44.2 Å². The minimum atomic E-state index is -0.288. The standard InChI is InChI=1S/C30H22F2N4O/c31-22-4-1-18(2-5-22)26-17-36-28-7-3-19(13-25(26)28)29-14-20(9-11-33-29)30(37)34-12-10-21-16-35-27-8-6-23(32)15-24(21)27/h1-9,11,13-17,35-36H,10,12H2,(H,34,37). The number of carbonyl (C=O) groups is 1. The molecule has 6 aromatic rings. The number of fused-ring (bicyclic) bond motifs is 2. The molecule has 3 heterocycles. The predicted molar refractivity (Wildman–Crippen MR) is 141 cm³/mol. The van der Waals surface area contributed by atoms with Gasteiger partial charge in [0.25, 0.3) is 5.91 Å². The van der Waals surface area contributed by atoms with Crippen LogP contribution in [0.5, 0.6) is 0 Å². The van der Waals surface area contributed by atoms with Crippen molar-refractivity contribution >= 4 is 27.7 Å². The molecular weight excluding hydrogens is 470 g/mol. The third kappa shape index (κ3) is 4.47. The lowest BCUT2D eigenvalue weighted by Crippen LogP contribution is -2.25. The molecule has 3 aromatic carbocycles. The van der Waals surface area contributed by atoms with Crippen LogP contribution in [0.4, 0.5) is 8.78 Å². The number of hydrogen-bond acceptors (Lipinski definition) is 2. The number of H-pyrrole nitrogens is 2. The number of carbonyl (C=O) groups excluding carboxylic acids is 1. The van der Waals surface area contributed by atoms with Crippen LogP contribution in [0, 0.1) is 11.6 Å². The molecule has 0 bridgehead atoms. The molecule has 0 saturated carbocycles. The van der Waals surface area contributed by atoms with Crippen LogP contribution in [0.2, 0.25) is 0 Å². The van der Waals surface area contributed by atoms with Gasteiger partial charge in [0.2, 0.25) is 0 Å². The molecule has 0 fully saturated rings. The van der Waals surface area contributed by atoms with Crippen molar-refractivity contribution in [1.29, 1.82) is 0 Å². The second-order valence-corrected chi connectivity index (χ2v) is 8.91. The summed E-state index contributed by atoms with van der Waals surface area (Å²) >= 11 is 0. The van der Waals surface area contributed by atoms with Gasteiger partial charge in [-0.05, 0) is 72.1 Å². The van der Waals surface area contributed by atoms with Crippen molar-refractivity contribution in [3.63, 3.8) is 0 Å². The fourth-order valence-corrected chi connectivity index (χ4v) is 4.65. The average molecular weight is 493 g/mol. The normalized spacial score (nSPS) is 11.3. The van der Waals surface area contributed by atoms with E-state index in [0.29, 0.717) is 24.2 Å². The lowest BCUT2D eigenvalue weighted by atomic mass is 10.0. The van der Waals surface area contributed by atoms with E-state index in [2.05, 4.69) is 20.3 Å². The van der Waals surface area contributed by atoms with Gasteiger partial charge < -0.3 is 15.3 Å². The zero-order valence-corrected chi connectivity index (χ0v) is 19.7. The predicted octanol–water partition coefficient (Wildman–Crippen LogP) is 6.63. The van der Waals surface area contributed by atoms with Crippen molar-refractivity contribution in [1.82, 2.24) is 20.3 Å². The van der Waals surface area contributed by atoms with Crippen LogP contribution in [-0.4, -0.2) is 27.4 Å². The van der Waals surface area contributed by atoms with E-state index < -0.39 is 0 Å². The van der Waals surface area contributed by atoms with Crippen LogP contribution in [0.15, 0.2) is 91.4 Å². The molecule has 3 N–H and O–H groups in total. The third-order valence-electron chi connectivity index (χ3n) is 6.56. The highest BCUT2D eigenvalue weighted by Crippen LogP contribution is 2.32. The van der Waals surface area contributed by atoms with Gasteiger partial charge >= 0.3 is 0 Å². The van der Waals surface area contributed by atoms with E-state index >= 15 is 0 Å². The zero-order chi connectivity index (χ0) is 25.4. The molecule has 5 nitrogen and oxygen atoms in total. The Morgan fingerprint density at radius 3 is 2.38 bits per heavy atom. The fourth-order valence-electron chi connectivity index (χ4n) is 4.65. The second-order valence-electron chi connectivity index (χ2n) is 8.91. The van der Waals surface area contributed by atoms with E-state index in [0.717, 1.165) is 44.1 Å². The van der Waals surface area contributed by atoms with Crippen molar-refractivity contribution in [2.75, 3.05) is 6.54 Å². The number of nitrogens with zero attached hydrogens (tertiary/aromatic N) is 1. The minimum absolute atomic E-state index is 0.204. The molecule has 0 spiro atoms. The molecule has 0 atom stereocenters. The molecule has 0 aliphatic heterocycles. The molecule has 0 aliphatic carbocycles. The van der Waals surface area contributed by atoms with E-state index in [-0.39, 0.29) is 17.5 Å². The first-order chi connectivity index (χ1) is 18.0. The van der Waals surface area contributed by atoms with Gasteiger partial charge in [0.05, 0.1) is 5.69 Å². The lowest BCUT2D eigenvalue weighted by Gasteiger charge is -2.08. The molecule has 1 amide bonds.